The van der Waals surface area contributed by atoms with E-state index in [-0.39, 0.29) is 24.3 Å². The van der Waals surface area contributed by atoms with Gasteiger partial charge in [0, 0.05) is 38.9 Å². The maximum absolute atomic E-state index is 12.6. The lowest BCUT2D eigenvalue weighted by atomic mass is 10.0. The van der Waals surface area contributed by atoms with Gasteiger partial charge in [-0.25, -0.2) is 9.78 Å². The van der Waals surface area contributed by atoms with E-state index in [0.29, 0.717) is 19.7 Å². The monoisotopic (exact) mass is 391 g/mol. The van der Waals surface area contributed by atoms with E-state index in [2.05, 4.69) is 17.9 Å². The molecule has 1 fully saturated rings. The second kappa shape index (κ2) is 7.87. The van der Waals surface area contributed by atoms with Crippen molar-refractivity contribution in [2.24, 2.45) is 0 Å². The molecule has 2 aliphatic heterocycles. The Morgan fingerprint density at radius 2 is 2.04 bits per heavy atom. The lowest BCUT2D eigenvalue weighted by molar-refractivity contribution is 0.0191. The van der Waals surface area contributed by atoms with E-state index in [1.807, 2.05) is 32.6 Å². The molecule has 0 aliphatic carbocycles. The molecule has 0 N–H and O–H groups in total. The zero-order valence-electron chi connectivity index (χ0n) is 18.1. The van der Waals surface area contributed by atoms with Crippen molar-refractivity contribution in [3.05, 3.63) is 22.9 Å². The fourth-order valence-electron chi connectivity index (χ4n) is 4.17. The number of fused-ring (bicyclic) bond motifs is 3. The Morgan fingerprint density at radius 1 is 1.32 bits per heavy atom. The van der Waals surface area contributed by atoms with Crippen molar-refractivity contribution >= 4 is 11.9 Å². The number of carbonyl (C=O) groups is 1. The molecule has 28 heavy (non-hydrogen) atoms. The highest BCUT2D eigenvalue weighted by Gasteiger charge is 2.42. The van der Waals surface area contributed by atoms with Crippen molar-refractivity contribution in [1.82, 2.24) is 9.88 Å². The van der Waals surface area contributed by atoms with Crippen LogP contribution in [0.5, 0.6) is 0 Å². The number of methoxy groups -OCH3 is 2. The van der Waals surface area contributed by atoms with Gasteiger partial charge in [-0.15, -0.1) is 0 Å². The van der Waals surface area contributed by atoms with Crippen molar-refractivity contribution in [2.75, 3.05) is 32.2 Å². The predicted molar refractivity (Wildman–Crippen MR) is 108 cm³/mol. The number of piperazine rings is 1. The standard InChI is InChI=1S/C21H33N3O4/c1-13-10-23(20(25)28-21(3,4)5)11-17-9-15-8-16(12-26-6)18(14(2)27-7)22-19(15)24(13)17/h8,13-14,17H,9-12H2,1-7H3/t13-,14?,17-/m1/s1. The van der Waals surface area contributed by atoms with Gasteiger partial charge in [-0.2, -0.15) is 0 Å². The fraction of sp³-hybridized carbons (Fsp3) is 0.714. The molecule has 3 heterocycles. The summed E-state index contributed by atoms with van der Waals surface area (Å²) in [7, 11) is 3.39. The van der Waals surface area contributed by atoms with Crippen LogP contribution in [0, 0.1) is 0 Å². The second-order valence-corrected chi connectivity index (χ2v) is 8.83. The third-order valence-corrected chi connectivity index (χ3v) is 5.37. The van der Waals surface area contributed by atoms with E-state index in [9.17, 15) is 4.79 Å². The maximum Gasteiger partial charge on any atom is 0.410 e. The van der Waals surface area contributed by atoms with Gasteiger partial charge in [0.05, 0.1) is 24.4 Å². The lowest BCUT2D eigenvalue weighted by Gasteiger charge is -2.43. The van der Waals surface area contributed by atoms with Crippen LogP contribution in [0.4, 0.5) is 10.6 Å². The number of amides is 1. The van der Waals surface area contributed by atoms with Crippen LogP contribution in [-0.2, 0) is 27.2 Å². The van der Waals surface area contributed by atoms with Gasteiger partial charge in [-0.1, -0.05) is 0 Å². The summed E-state index contributed by atoms with van der Waals surface area (Å²) < 4.78 is 16.5. The second-order valence-electron chi connectivity index (χ2n) is 8.83. The number of anilines is 1. The number of nitrogens with zero attached hydrogens (tertiary/aromatic N) is 3. The first-order valence-electron chi connectivity index (χ1n) is 9.95. The molecule has 7 heteroatoms. The Labute approximate surface area is 168 Å². The molecular weight excluding hydrogens is 358 g/mol. The fourth-order valence-corrected chi connectivity index (χ4v) is 4.17. The van der Waals surface area contributed by atoms with Crippen LogP contribution in [0.2, 0.25) is 0 Å². The summed E-state index contributed by atoms with van der Waals surface area (Å²) >= 11 is 0. The van der Waals surface area contributed by atoms with Gasteiger partial charge in [-0.3, -0.25) is 0 Å². The van der Waals surface area contributed by atoms with Crippen LogP contribution in [0.3, 0.4) is 0 Å². The van der Waals surface area contributed by atoms with Crippen molar-refractivity contribution in [3.8, 4) is 0 Å². The molecule has 0 spiro atoms. The predicted octanol–water partition coefficient (Wildman–Crippen LogP) is 3.31. The third-order valence-electron chi connectivity index (χ3n) is 5.37. The summed E-state index contributed by atoms with van der Waals surface area (Å²) in [6.07, 6.45) is 0.522. The molecule has 0 radical (unpaired) electrons. The van der Waals surface area contributed by atoms with Crippen molar-refractivity contribution in [1.29, 1.82) is 0 Å². The van der Waals surface area contributed by atoms with Crippen LogP contribution < -0.4 is 4.90 Å². The molecule has 1 saturated heterocycles. The highest BCUT2D eigenvalue weighted by atomic mass is 16.6. The molecule has 2 aliphatic rings. The van der Waals surface area contributed by atoms with E-state index in [1.54, 1.807) is 14.2 Å². The molecule has 3 atom stereocenters. The van der Waals surface area contributed by atoms with Gasteiger partial charge in [0.1, 0.15) is 11.4 Å². The normalized spacial score (nSPS) is 22.7. The highest BCUT2D eigenvalue weighted by molar-refractivity contribution is 5.69. The summed E-state index contributed by atoms with van der Waals surface area (Å²) in [6.45, 7) is 11.6. The molecule has 3 rings (SSSR count). The van der Waals surface area contributed by atoms with Gasteiger partial charge in [0.2, 0.25) is 0 Å². The summed E-state index contributed by atoms with van der Waals surface area (Å²) in [6, 6.07) is 2.57. The Bertz CT molecular complexity index is 731. The zero-order valence-corrected chi connectivity index (χ0v) is 18.1. The minimum absolute atomic E-state index is 0.104. The number of pyridine rings is 1. The van der Waals surface area contributed by atoms with Gasteiger partial charge in [-0.05, 0) is 52.7 Å². The van der Waals surface area contributed by atoms with Gasteiger partial charge in [0.25, 0.3) is 0 Å². The largest absolute Gasteiger partial charge is 0.444 e. The maximum atomic E-state index is 12.6. The van der Waals surface area contributed by atoms with E-state index in [4.69, 9.17) is 19.2 Å². The Kier molecular flexibility index (Phi) is 5.87. The van der Waals surface area contributed by atoms with E-state index in [1.165, 1.54) is 5.56 Å². The Balaban J connectivity index is 1.86. The van der Waals surface area contributed by atoms with Crippen LogP contribution in [0.1, 0.15) is 57.5 Å². The minimum atomic E-state index is -0.488. The van der Waals surface area contributed by atoms with E-state index < -0.39 is 5.60 Å². The summed E-state index contributed by atoms with van der Waals surface area (Å²) in [5.41, 5.74) is 2.71. The number of hydrogen-bond donors (Lipinski definition) is 0. The number of ether oxygens (including phenoxy) is 3. The average Bonchev–Trinajstić information content (AvgIpc) is 2.96. The van der Waals surface area contributed by atoms with Crippen LogP contribution in [0.15, 0.2) is 6.07 Å². The number of aromatic nitrogens is 1. The molecule has 1 amide bonds. The van der Waals surface area contributed by atoms with Crippen molar-refractivity contribution in [3.63, 3.8) is 0 Å². The van der Waals surface area contributed by atoms with Crippen LogP contribution in [-0.4, -0.2) is 61.0 Å². The topological polar surface area (TPSA) is 64.1 Å². The van der Waals surface area contributed by atoms with Crippen molar-refractivity contribution < 1.29 is 19.0 Å². The number of hydrogen-bond acceptors (Lipinski definition) is 6. The Morgan fingerprint density at radius 3 is 2.64 bits per heavy atom. The number of carbonyl (C=O) groups excluding carboxylic acids is 1. The first-order chi connectivity index (χ1) is 13.1. The highest BCUT2D eigenvalue weighted by Crippen LogP contribution is 2.38. The molecule has 0 saturated carbocycles. The molecule has 7 nitrogen and oxygen atoms in total. The first kappa shape index (κ1) is 20.9. The van der Waals surface area contributed by atoms with Gasteiger partial charge < -0.3 is 24.0 Å². The molecule has 156 valence electrons. The van der Waals surface area contributed by atoms with E-state index >= 15 is 0 Å². The number of rotatable bonds is 4. The first-order valence-corrected chi connectivity index (χ1v) is 9.95. The van der Waals surface area contributed by atoms with Gasteiger partial charge in [0.15, 0.2) is 0 Å². The van der Waals surface area contributed by atoms with Crippen molar-refractivity contribution in [2.45, 2.75) is 71.4 Å². The third kappa shape index (κ3) is 4.10. The SMILES string of the molecule is COCc1cc2c(nc1C(C)OC)N1[C@H](C2)CN(C(=O)OC(C)(C)C)C[C@H]1C. The molecule has 1 aromatic rings. The molecular formula is C21H33N3O4. The lowest BCUT2D eigenvalue weighted by Crippen LogP contribution is -2.58. The molecule has 1 aromatic heterocycles. The quantitative estimate of drug-likeness (QED) is 0.785. The average molecular weight is 392 g/mol. The summed E-state index contributed by atoms with van der Waals surface area (Å²) in [5, 5.41) is 0. The van der Waals surface area contributed by atoms with Crippen LogP contribution >= 0.6 is 0 Å². The van der Waals surface area contributed by atoms with Crippen LogP contribution in [0.25, 0.3) is 0 Å². The molecule has 0 bridgehead atoms. The minimum Gasteiger partial charge on any atom is -0.444 e. The zero-order chi connectivity index (χ0) is 20.6. The van der Waals surface area contributed by atoms with Gasteiger partial charge >= 0.3 is 6.09 Å². The smallest absolute Gasteiger partial charge is 0.410 e. The molecule has 0 aromatic carbocycles. The Hall–Kier alpha value is -1.86. The molecule has 1 unspecified atom stereocenters. The van der Waals surface area contributed by atoms with E-state index in [0.717, 1.165) is 23.5 Å². The summed E-state index contributed by atoms with van der Waals surface area (Å²) in [5.74, 6) is 1.01. The summed E-state index contributed by atoms with van der Waals surface area (Å²) in [4.78, 5) is 21.8.